The number of nitrogens with one attached hydrogen (secondary N) is 1. The van der Waals surface area contributed by atoms with E-state index in [4.69, 9.17) is 11.5 Å². The van der Waals surface area contributed by atoms with Crippen LogP contribution in [0.3, 0.4) is 0 Å². The number of aromatic nitrogens is 2. The molecule has 1 aliphatic heterocycles. The van der Waals surface area contributed by atoms with Gasteiger partial charge in [-0.2, -0.15) is 15.3 Å². The predicted octanol–water partition coefficient (Wildman–Crippen LogP) is 2.86. The number of anilines is 1. The van der Waals surface area contributed by atoms with E-state index in [1.165, 1.54) is 16.9 Å². The van der Waals surface area contributed by atoms with E-state index in [0.717, 1.165) is 0 Å². The van der Waals surface area contributed by atoms with Gasteiger partial charge in [-0.3, -0.25) is 4.79 Å². The highest BCUT2D eigenvalue weighted by Crippen LogP contribution is 2.37. The largest absolute Gasteiger partial charge is 0.476 e. The van der Waals surface area contributed by atoms with E-state index in [1.54, 1.807) is 24.3 Å². The molecule has 0 aliphatic carbocycles. The van der Waals surface area contributed by atoms with E-state index in [-0.39, 0.29) is 18.0 Å². The van der Waals surface area contributed by atoms with Gasteiger partial charge >= 0.3 is 5.97 Å². The number of carboxylic acid groups (broad SMARTS) is 1. The van der Waals surface area contributed by atoms with Crippen molar-refractivity contribution in [3.05, 3.63) is 42.2 Å². The van der Waals surface area contributed by atoms with Gasteiger partial charge in [0.15, 0.2) is 11.4 Å². The van der Waals surface area contributed by atoms with Crippen LogP contribution in [0.15, 0.2) is 46.8 Å². The van der Waals surface area contributed by atoms with Gasteiger partial charge in [0.1, 0.15) is 0 Å². The van der Waals surface area contributed by atoms with Crippen LogP contribution < -0.4 is 5.32 Å². The summed E-state index contributed by atoms with van der Waals surface area (Å²) in [7, 11) is 0. The quantitative estimate of drug-likeness (QED) is 0.713. The first-order valence-corrected chi connectivity index (χ1v) is 8.09. The number of aromatic carboxylic acids is 1. The Morgan fingerprint density at radius 3 is 2.65 bits per heavy atom. The van der Waals surface area contributed by atoms with Gasteiger partial charge in [-0.25, -0.2) is 9.48 Å². The predicted molar refractivity (Wildman–Crippen MR) is 94.0 cm³/mol. The van der Waals surface area contributed by atoms with Gasteiger partial charge in [0.2, 0.25) is 5.91 Å². The highest BCUT2D eigenvalue weighted by Gasteiger charge is 2.39. The summed E-state index contributed by atoms with van der Waals surface area (Å²) in [5.41, 5.74) is 0.552. The van der Waals surface area contributed by atoms with E-state index in [9.17, 15) is 9.59 Å². The zero-order valence-corrected chi connectivity index (χ0v) is 13.9. The summed E-state index contributed by atoms with van der Waals surface area (Å²) in [5.74, 6) is 1.26. The second-order valence-electron chi connectivity index (χ2n) is 5.90. The Kier molecular flexibility index (Phi) is 4.80. The number of amides is 1. The van der Waals surface area contributed by atoms with E-state index >= 15 is 0 Å². The molecule has 8 nitrogen and oxygen atoms in total. The molecule has 1 aromatic carbocycles. The monoisotopic (exact) mass is 351 g/mol. The summed E-state index contributed by atoms with van der Waals surface area (Å²) in [5, 5.41) is 23.9. The summed E-state index contributed by atoms with van der Waals surface area (Å²) >= 11 is 0. The van der Waals surface area contributed by atoms with Crippen molar-refractivity contribution in [1.29, 1.82) is 0 Å². The lowest BCUT2D eigenvalue weighted by molar-refractivity contribution is -0.116. The molecule has 0 spiro atoms. The van der Waals surface area contributed by atoms with Crippen molar-refractivity contribution in [2.24, 2.45) is 10.2 Å². The van der Waals surface area contributed by atoms with Gasteiger partial charge < -0.3 is 10.4 Å². The third kappa shape index (κ3) is 3.95. The molecular formula is C18H17N5O3. The molecule has 0 radical (unpaired) electrons. The smallest absolute Gasteiger partial charge is 0.356 e. The van der Waals surface area contributed by atoms with Crippen LogP contribution in [0, 0.1) is 12.3 Å². The van der Waals surface area contributed by atoms with Gasteiger partial charge in [0.25, 0.3) is 0 Å². The van der Waals surface area contributed by atoms with Gasteiger partial charge in [0, 0.05) is 31.9 Å². The zero-order valence-electron chi connectivity index (χ0n) is 13.9. The Bertz CT molecular complexity index is 904. The Morgan fingerprint density at radius 2 is 2.00 bits per heavy atom. The van der Waals surface area contributed by atoms with Crippen LogP contribution in [0.4, 0.5) is 5.69 Å². The standard InChI is InChI=1S/C18H17N5O3/c1-2-3-10-18(21-22-18)11-8-16(24)19-13-6-4-5-7-15(13)23-12-9-14(20-23)17(25)26/h1,4-7,9,12H,3,8,10-11H2,(H,19,24)(H,25,26). The molecule has 132 valence electrons. The first kappa shape index (κ1) is 17.4. The number of nitrogens with zero attached hydrogens (tertiary/aromatic N) is 4. The minimum Gasteiger partial charge on any atom is -0.476 e. The maximum Gasteiger partial charge on any atom is 0.356 e. The lowest BCUT2D eigenvalue weighted by atomic mass is 10.0. The second kappa shape index (κ2) is 7.19. The molecule has 1 aromatic heterocycles. The Hall–Kier alpha value is -3.47. The number of carboxylic acids is 1. The molecule has 0 unspecified atom stereocenters. The Morgan fingerprint density at radius 1 is 1.23 bits per heavy atom. The van der Waals surface area contributed by atoms with Crippen LogP contribution in [0.5, 0.6) is 0 Å². The van der Waals surface area contributed by atoms with Crippen LogP contribution in [0.2, 0.25) is 0 Å². The van der Waals surface area contributed by atoms with Gasteiger partial charge in [-0.1, -0.05) is 12.1 Å². The van der Waals surface area contributed by atoms with Crippen LogP contribution in [0.1, 0.15) is 36.2 Å². The number of hydrogen-bond donors (Lipinski definition) is 2. The first-order chi connectivity index (χ1) is 12.5. The van der Waals surface area contributed by atoms with Gasteiger partial charge in [0.05, 0.1) is 11.4 Å². The van der Waals surface area contributed by atoms with Crippen molar-refractivity contribution in [2.75, 3.05) is 5.32 Å². The fraction of sp³-hybridized carbons (Fsp3) is 0.278. The van der Waals surface area contributed by atoms with Crippen LogP contribution >= 0.6 is 0 Å². The molecule has 0 fully saturated rings. The molecule has 2 aromatic rings. The molecule has 0 atom stereocenters. The van der Waals surface area contributed by atoms with Gasteiger partial charge in [-0.15, -0.1) is 12.3 Å². The third-order valence-corrected chi connectivity index (χ3v) is 4.04. The number of terminal acetylenes is 1. The van der Waals surface area contributed by atoms with E-state index in [0.29, 0.717) is 30.6 Å². The molecule has 3 rings (SSSR count). The van der Waals surface area contributed by atoms with Crippen molar-refractivity contribution in [3.8, 4) is 18.0 Å². The number of hydrogen-bond acceptors (Lipinski definition) is 5. The van der Waals surface area contributed by atoms with E-state index < -0.39 is 11.6 Å². The lowest BCUT2D eigenvalue weighted by Gasteiger charge is -2.12. The third-order valence-electron chi connectivity index (χ3n) is 4.04. The zero-order chi connectivity index (χ0) is 18.6. The maximum absolute atomic E-state index is 12.3. The highest BCUT2D eigenvalue weighted by molar-refractivity contribution is 5.93. The summed E-state index contributed by atoms with van der Waals surface area (Å²) in [6.07, 6.45) is 8.78. The fourth-order valence-corrected chi connectivity index (χ4v) is 2.55. The number of para-hydroxylation sites is 2. The average Bonchev–Trinajstić information content (AvgIpc) is 3.23. The summed E-state index contributed by atoms with van der Waals surface area (Å²) in [4.78, 5) is 23.3. The van der Waals surface area contributed by atoms with E-state index in [1.807, 2.05) is 0 Å². The van der Waals surface area contributed by atoms with E-state index in [2.05, 4.69) is 26.6 Å². The fourth-order valence-electron chi connectivity index (χ4n) is 2.55. The molecule has 1 amide bonds. The van der Waals surface area contributed by atoms with Crippen molar-refractivity contribution >= 4 is 17.6 Å². The topological polar surface area (TPSA) is 109 Å². The van der Waals surface area contributed by atoms with Crippen molar-refractivity contribution in [2.45, 2.75) is 31.3 Å². The molecule has 0 saturated heterocycles. The minimum absolute atomic E-state index is 0.0708. The van der Waals surface area contributed by atoms with Crippen LogP contribution in [-0.4, -0.2) is 32.4 Å². The minimum atomic E-state index is -1.11. The van der Waals surface area contributed by atoms with Crippen molar-refractivity contribution in [1.82, 2.24) is 9.78 Å². The normalized spacial score (nSPS) is 13.8. The summed E-state index contributed by atoms with van der Waals surface area (Å²) in [6, 6.07) is 8.43. The molecule has 2 heterocycles. The lowest BCUT2D eigenvalue weighted by Crippen LogP contribution is -2.18. The van der Waals surface area contributed by atoms with Crippen LogP contribution in [-0.2, 0) is 4.79 Å². The van der Waals surface area contributed by atoms with Crippen molar-refractivity contribution < 1.29 is 14.7 Å². The van der Waals surface area contributed by atoms with Crippen molar-refractivity contribution in [3.63, 3.8) is 0 Å². The molecule has 0 saturated carbocycles. The number of carbonyl (C=O) groups is 2. The molecule has 26 heavy (non-hydrogen) atoms. The number of benzene rings is 1. The van der Waals surface area contributed by atoms with Crippen LogP contribution in [0.25, 0.3) is 5.69 Å². The SMILES string of the molecule is C#CCCC1(CCC(=O)Nc2ccccc2-n2ccc(C(=O)O)n2)N=N1. The molecule has 1 aliphatic rings. The average molecular weight is 351 g/mol. The number of carbonyl (C=O) groups excluding carboxylic acids is 1. The maximum atomic E-state index is 12.3. The molecular weight excluding hydrogens is 334 g/mol. The number of rotatable bonds is 8. The summed E-state index contributed by atoms with van der Waals surface area (Å²) in [6.45, 7) is 0. The highest BCUT2D eigenvalue weighted by atomic mass is 16.4. The molecule has 0 bridgehead atoms. The molecule has 8 heteroatoms. The molecule has 2 N–H and O–H groups in total. The van der Waals surface area contributed by atoms with Gasteiger partial charge in [-0.05, 0) is 18.2 Å². The summed E-state index contributed by atoms with van der Waals surface area (Å²) < 4.78 is 1.42. The Balaban J connectivity index is 1.65. The first-order valence-electron chi connectivity index (χ1n) is 8.09. The Labute approximate surface area is 149 Å². The second-order valence-corrected chi connectivity index (χ2v) is 5.90.